The molecular weight excluding hydrogens is 227 g/mol. The summed E-state index contributed by atoms with van der Waals surface area (Å²) in [6.45, 7) is -0.206. The molecule has 0 aliphatic carbocycles. The van der Waals surface area contributed by atoms with Crippen molar-refractivity contribution in [1.82, 2.24) is 4.72 Å². The molecule has 0 atom stereocenters. The number of hydrogen-bond acceptors (Lipinski definition) is 3. The molecular formula is C5H10F3NO2S2. The van der Waals surface area contributed by atoms with Crippen LogP contribution in [0.15, 0.2) is 0 Å². The second-order valence-corrected chi connectivity index (χ2v) is 4.48. The van der Waals surface area contributed by atoms with E-state index >= 15 is 0 Å². The van der Waals surface area contributed by atoms with Crippen LogP contribution >= 0.6 is 12.6 Å². The summed E-state index contributed by atoms with van der Waals surface area (Å²) >= 11 is 3.82. The Morgan fingerprint density at radius 3 is 2.15 bits per heavy atom. The standard InChI is InChI=1S/C5H10F3NO2S2/c6-5(7,8)13(10,11)9-3-1-2-4-12/h9,12H,1-4H2. The van der Waals surface area contributed by atoms with Crippen molar-refractivity contribution in [1.29, 1.82) is 0 Å². The first-order valence-electron chi connectivity index (χ1n) is 3.48. The highest BCUT2D eigenvalue weighted by molar-refractivity contribution is 7.90. The molecule has 0 aliphatic heterocycles. The number of unbranched alkanes of at least 4 members (excludes halogenated alkanes) is 1. The topological polar surface area (TPSA) is 46.2 Å². The predicted molar refractivity (Wildman–Crippen MR) is 46.1 cm³/mol. The van der Waals surface area contributed by atoms with Crippen molar-refractivity contribution in [3.63, 3.8) is 0 Å². The van der Waals surface area contributed by atoms with Gasteiger partial charge in [0.15, 0.2) is 0 Å². The molecule has 0 aromatic rings. The Bertz CT molecular complexity index is 237. The lowest BCUT2D eigenvalue weighted by atomic mass is 10.3. The third kappa shape index (κ3) is 4.72. The molecule has 0 saturated heterocycles. The van der Waals surface area contributed by atoms with Crippen LogP contribution in [0.4, 0.5) is 13.2 Å². The molecule has 0 bridgehead atoms. The van der Waals surface area contributed by atoms with Crippen LogP contribution < -0.4 is 4.72 Å². The Balaban J connectivity index is 3.92. The molecule has 13 heavy (non-hydrogen) atoms. The van der Waals surface area contributed by atoms with Gasteiger partial charge in [0.25, 0.3) is 0 Å². The first kappa shape index (κ1) is 13.1. The Morgan fingerprint density at radius 1 is 1.23 bits per heavy atom. The highest BCUT2D eigenvalue weighted by atomic mass is 32.2. The van der Waals surface area contributed by atoms with Gasteiger partial charge in [-0.3, -0.25) is 0 Å². The molecule has 0 aromatic heterocycles. The minimum absolute atomic E-state index is 0.206. The van der Waals surface area contributed by atoms with Crippen molar-refractivity contribution in [2.45, 2.75) is 18.3 Å². The van der Waals surface area contributed by atoms with E-state index in [2.05, 4.69) is 12.6 Å². The Morgan fingerprint density at radius 2 is 1.77 bits per heavy atom. The maximum Gasteiger partial charge on any atom is 0.511 e. The van der Waals surface area contributed by atoms with Crippen molar-refractivity contribution >= 4 is 22.7 Å². The SMILES string of the molecule is O=S(=O)(NCCCCS)C(F)(F)F. The van der Waals surface area contributed by atoms with Gasteiger partial charge in [0, 0.05) is 6.54 Å². The molecule has 0 radical (unpaired) electrons. The van der Waals surface area contributed by atoms with E-state index in [1.54, 1.807) is 0 Å². The minimum atomic E-state index is -5.21. The van der Waals surface area contributed by atoms with Gasteiger partial charge in [0.2, 0.25) is 0 Å². The van der Waals surface area contributed by atoms with E-state index in [1.165, 1.54) is 4.72 Å². The first-order chi connectivity index (χ1) is 5.81. The molecule has 0 aromatic carbocycles. The van der Waals surface area contributed by atoms with E-state index in [1.807, 2.05) is 0 Å². The van der Waals surface area contributed by atoms with Crippen molar-refractivity contribution in [3.05, 3.63) is 0 Å². The zero-order valence-corrected chi connectivity index (χ0v) is 8.35. The van der Waals surface area contributed by atoms with Crippen LogP contribution in [-0.2, 0) is 10.0 Å². The van der Waals surface area contributed by atoms with Crippen LogP contribution in [0.2, 0.25) is 0 Å². The lowest BCUT2D eigenvalue weighted by Gasteiger charge is -2.08. The average Bonchev–Trinajstić information content (AvgIpc) is 1.96. The number of hydrogen-bond donors (Lipinski definition) is 2. The lowest BCUT2D eigenvalue weighted by Crippen LogP contribution is -2.36. The summed E-state index contributed by atoms with van der Waals surface area (Å²) in [4.78, 5) is 0. The van der Waals surface area contributed by atoms with Gasteiger partial charge >= 0.3 is 15.5 Å². The van der Waals surface area contributed by atoms with Crippen LogP contribution in [-0.4, -0.2) is 26.2 Å². The predicted octanol–water partition coefficient (Wildman–Crippen LogP) is 1.14. The van der Waals surface area contributed by atoms with E-state index in [0.29, 0.717) is 18.6 Å². The van der Waals surface area contributed by atoms with E-state index in [-0.39, 0.29) is 6.54 Å². The quantitative estimate of drug-likeness (QED) is 0.556. The maximum absolute atomic E-state index is 11.7. The molecule has 0 aliphatic rings. The molecule has 0 amide bonds. The molecule has 8 heteroatoms. The van der Waals surface area contributed by atoms with Crippen molar-refractivity contribution in [3.8, 4) is 0 Å². The summed E-state index contributed by atoms with van der Waals surface area (Å²) in [5.41, 5.74) is -5.21. The van der Waals surface area contributed by atoms with E-state index in [9.17, 15) is 21.6 Å². The Hall–Kier alpha value is 0.0500. The normalized spacial score (nSPS) is 13.2. The van der Waals surface area contributed by atoms with Crippen molar-refractivity contribution in [2.75, 3.05) is 12.3 Å². The molecule has 0 fully saturated rings. The van der Waals surface area contributed by atoms with Crippen molar-refractivity contribution in [2.24, 2.45) is 0 Å². The van der Waals surface area contributed by atoms with Gasteiger partial charge in [0.05, 0.1) is 0 Å². The molecule has 80 valence electrons. The lowest BCUT2D eigenvalue weighted by molar-refractivity contribution is -0.0447. The number of halogens is 3. The minimum Gasteiger partial charge on any atom is -0.207 e. The zero-order chi connectivity index (χ0) is 10.5. The van der Waals surface area contributed by atoms with E-state index in [4.69, 9.17) is 0 Å². The second kappa shape index (κ2) is 5.06. The Labute approximate surface area is 80.2 Å². The zero-order valence-electron chi connectivity index (χ0n) is 6.63. The van der Waals surface area contributed by atoms with Crippen LogP contribution in [0.25, 0.3) is 0 Å². The van der Waals surface area contributed by atoms with Gasteiger partial charge < -0.3 is 0 Å². The van der Waals surface area contributed by atoms with Gasteiger partial charge in [-0.05, 0) is 18.6 Å². The number of rotatable bonds is 5. The number of alkyl halides is 3. The maximum atomic E-state index is 11.7. The number of sulfonamides is 1. The van der Waals surface area contributed by atoms with Crippen LogP contribution in [0, 0.1) is 0 Å². The third-order valence-electron chi connectivity index (χ3n) is 1.18. The molecule has 0 spiro atoms. The van der Waals surface area contributed by atoms with Gasteiger partial charge in [-0.15, -0.1) is 0 Å². The smallest absolute Gasteiger partial charge is 0.207 e. The first-order valence-corrected chi connectivity index (χ1v) is 5.59. The van der Waals surface area contributed by atoms with Gasteiger partial charge in [-0.2, -0.15) is 25.8 Å². The van der Waals surface area contributed by atoms with Gasteiger partial charge in [-0.25, -0.2) is 13.1 Å². The van der Waals surface area contributed by atoms with Crippen molar-refractivity contribution < 1.29 is 21.6 Å². The van der Waals surface area contributed by atoms with E-state index < -0.39 is 15.5 Å². The molecule has 3 nitrogen and oxygen atoms in total. The average molecular weight is 237 g/mol. The van der Waals surface area contributed by atoms with Crippen LogP contribution in [0.1, 0.15) is 12.8 Å². The molecule has 1 N–H and O–H groups in total. The highest BCUT2D eigenvalue weighted by Gasteiger charge is 2.45. The molecule has 0 unspecified atom stereocenters. The largest absolute Gasteiger partial charge is 0.511 e. The summed E-state index contributed by atoms with van der Waals surface area (Å²) in [6.07, 6.45) is 0.919. The highest BCUT2D eigenvalue weighted by Crippen LogP contribution is 2.21. The van der Waals surface area contributed by atoms with Crippen LogP contribution in [0.5, 0.6) is 0 Å². The summed E-state index contributed by atoms with van der Waals surface area (Å²) in [5, 5.41) is 0. The monoisotopic (exact) mass is 237 g/mol. The summed E-state index contributed by atoms with van der Waals surface area (Å²) < 4.78 is 57.2. The summed E-state index contributed by atoms with van der Waals surface area (Å²) in [7, 11) is -5.15. The molecule has 0 saturated carbocycles. The van der Waals surface area contributed by atoms with Crippen LogP contribution in [0.3, 0.4) is 0 Å². The summed E-state index contributed by atoms with van der Waals surface area (Å²) in [5.74, 6) is 0.522. The number of nitrogens with one attached hydrogen (secondary N) is 1. The van der Waals surface area contributed by atoms with E-state index in [0.717, 1.165) is 0 Å². The fourth-order valence-electron chi connectivity index (χ4n) is 0.525. The fraction of sp³-hybridized carbons (Fsp3) is 1.00. The summed E-state index contributed by atoms with van der Waals surface area (Å²) in [6, 6.07) is 0. The molecule has 0 rings (SSSR count). The van der Waals surface area contributed by atoms with Gasteiger partial charge in [0.1, 0.15) is 0 Å². The Kier molecular flexibility index (Phi) is 5.08. The second-order valence-electron chi connectivity index (χ2n) is 2.27. The fourth-order valence-corrected chi connectivity index (χ4v) is 1.33. The molecule has 0 heterocycles. The third-order valence-corrected chi connectivity index (χ3v) is 2.69. The van der Waals surface area contributed by atoms with Gasteiger partial charge in [-0.1, -0.05) is 0 Å². The number of thiol groups is 1.